The van der Waals surface area contributed by atoms with E-state index in [1.807, 2.05) is 6.07 Å². The highest BCUT2D eigenvalue weighted by molar-refractivity contribution is 6.31. The number of nitrogens with zero attached hydrogens (tertiary/aromatic N) is 1. The van der Waals surface area contributed by atoms with Crippen LogP contribution in [0.25, 0.3) is 6.08 Å². The van der Waals surface area contributed by atoms with Gasteiger partial charge < -0.3 is 14.8 Å². The van der Waals surface area contributed by atoms with Crippen LogP contribution in [-0.2, 0) is 4.79 Å². The van der Waals surface area contributed by atoms with Gasteiger partial charge in [0.05, 0.1) is 12.1 Å². The fourth-order valence-corrected chi connectivity index (χ4v) is 2.31. The summed E-state index contributed by atoms with van der Waals surface area (Å²) in [7, 11) is 1.49. The number of anilines is 1. The first kappa shape index (κ1) is 20.0. The normalized spacial score (nSPS) is 10.7. The van der Waals surface area contributed by atoms with Gasteiger partial charge in [-0.2, -0.15) is 5.26 Å². The molecule has 0 aliphatic heterocycles. The molecule has 1 amide bonds. The van der Waals surface area contributed by atoms with Gasteiger partial charge in [-0.25, -0.2) is 4.39 Å². The largest absolute Gasteiger partial charge is 0.493 e. The molecular formula is C20H16ClFN2O3. The Kier molecular flexibility index (Phi) is 6.98. The topological polar surface area (TPSA) is 71.3 Å². The van der Waals surface area contributed by atoms with Crippen LogP contribution in [0.1, 0.15) is 5.56 Å². The molecule has 0 bridgehead atoms. The molecule has 0 saturated heterocycles. The molecule has 0 atom stereocenters. The molecule has 0 aromatic heterocycles. The number of nitrogens with one attached hydrogen (secondary N) is 1. The summed E-state index contributed by atoms with van der Waals surface area (Å²) in [4.78, 5) is 12.3. The van der Waals surface area contributed by atoms with Crippen molar-refractivity contribution < 1.29 is 18.7 Å². The van der Waals surface area contributed by atoms with Gasteiger partial charge in [0, 0.05) is 5.69 Å². The minimum atomic E-state index is -0.647. The molecule has 0 radical (unpaired) electrons. The van der Waals surface area contributed by atoms with Crippen LogP contribution in [0.3, 0.4) is 0 Å². The summed E-state index contributed by atoms with van der Waals surface area (Å²) in [6.07, 6.45) is 3.01. The van der Waals surface area contributed by atoms with E-state index in [1.165, 1.54) is 25.3 Å². The number of carbonyl (C=O) groups is 1. The summed E-state index contributed by atoms with van der Waals surface area (Å²) in [6.45, 7) is 3.90. The van der Waals surface area contributed by atoms with Crippen molar-refractivity contribution in [3.05, 3.63) is 71.0 Å². The van der Waals surface area contributed by atoms with Gasteiger partial charge in [0.25, 0.3) is 5.91 Å². The van der Waals surface area contributed by atoms with E-state index in [2.05, 4.69) is 11.9 Å². The first-order valence-electron chi connectivity index (χ1n) is 7.78. The summed E-state index contributed by atoms with van der Waals surface area (Å²) < 4.78 is 23.9. The van der Waals surface area contributed by atoms with E-state index in [4.69, 9.17) is 21.1 Å². The molecule has 2 aromatic rings. The van der Waals surface area contributed by atoms with Crippen molar-refractivity contribution in [2.24, 2.45) is 0 Å². The van der Waals surface area contributed by atoms with Crippen LogP contribution in [0.2, 0.25) is 5.02 Å². The Labute approximate surface area is 161 Å². The van der Waals surface area contributed by atoms with Gasteiger partial charge in [-0.1, -0.05) is 30.3 Å². The third-order valence-electron chi connectivity index (χ3n) is 3.40. The van der Waals surface area contributed by atoms with Gasteiger partial charge in [0.2, 0.25) is 0 Å². The van der Waals surface area contributed by atoms with E-state index in [-0.39, 0.29) is 16.3 Å². The fourth-order valence-electron chi connectivity index (χ4n) is 2.13. The summed E-state index contributed by atoms with van der Waals surface area (Å²) in [6, 6.07) is 10.6. The third-order valence-corrected chi connectivity index (χ3v) is 3.69. The maximum atomic E-state index is 13.2. The van der Waals surface area contributed by atoms with Crippen LogP contribution >= 0.6 is 11.6 Å². The van der Waals surface area contributed by atoms with E-state index < -0.39 is 11.7 Å². The number of ether oxygens (including phenoxy) is 2. The molecule has 0 saturated carbocycles. The molecule has 0 heterocycles. The quantitative estimate of drug-likeness (QED) is 0.429. The highest BCUT2D eigenvalue weighted by Crippen LogP contribution is 2.29. The second-order valence-corrected chi connectivity index (χ2v) is 5.67. The molecule has 2 aromatic carbocycles. The smallest absolute Gasteiger partial charge is 0.266 e. The van der Waals surface area contributed by atoms with Crippen LogP contribution in [0.4, 0.5) is 10.1 Å². The molecule has 0 aliphatic carbocycles. The predicted molar refractivity (Wildman–Crippen MR) is 102 cm³/mol. The summed E-state index contributed by atoms with van der Waals surface area (Å²) in [5.41, 5.74) is 0.706. The molecule has 5 nitrogen and oxygen atoms in total. The molecule has 27 heavy (non-hydrogen) atoms. The van der Waals surface area contributed by atoms with Gasteiger partial charge in [-0.15, -0.1) is 0 Å². The van der Waals surface area contributed by atoms with Crippen molar-refractivity contribution in [1.82, 2.24) is 0 Å². The van der Waals surface area contributed by atoms with Crippen molar-refractivity contribution in [2.75, 3.05) is 19.0 Å². The minimum Gasteiger partial charge on any atom is -0.493 e. The standard InChI is InChI=1S/C20H16ClFN2O3/c1-3-8-27-18-7-4-13(10-19(18)26-2)9-14(12-23)20(25)24-15-5-6-17(22)16(21)11-15/h3-7,9-11H,1,8H2,2H3,(H,24,25)/b14-9+. The highest BCUT2D eigenvalue weighted by Gasteiger charge is 2.12. The second kappa shape index (κ2) is 9.41. The van der Waals surface area contributed by atoms with Crippen LogP contribution in [0, 0.1) is 17.1 Å². The molecule has 1 N–H and O–H groups in total. The number of amides is 1. The van der Waals surface area contributed by atoms with Gasteiger partial charge in [0.1, 0.15) is 24.1 Å². The van der Waals surface area contributed by atoms with Crippen LogP contribution in [0.15, 0.2) is 54.6 Å². The zero-order valence-corrected chi connectivity index (χ0v) is 15.2. The molecule has 7 heteroatoms. The average molecular weight is 387 g/mol. The zero-order valence-electron chi connectivity index (χ0n) is 14.5. The maximum Gasteiger partial charge on any atom is 0.266 e. The Morgan fingerprint density at radius 2 is 2.11 bits per heavy atom. The number of carbonyl (C=O) groups excluding carboxylic acids is 1. The van der Waals surface area contributed by atoms with Gasteiger partial charge >= 0.3 is 0 Å². The number of nitriles is 1. The van der Waals surface area contributed by atoms with E-state index in [9.17, 15) is 14.4 Å². The number of hydrogen-bond acceptors (Lipinski definition) is 4. The van der Waals surface area contributed by atoms with E-state index in [1.54, 1.807) is 24.3 Å². The Morgan fingerprint density at radius 1 is 1.33 bits per heavy atom. The Morgan fingerprint density at radius 3 is 2.74 bits per heavy atom. The lowest BCUT2D eigenvalue weighted by molar-refractivity contribution is -0.112. The summed E-state index contributed by atoms with van der Waals surface area (Å²) >= 11 is 5.69. The summed E-state index contributed by atoms with van der Waals surface area (Å²) in [5.74, 6) is -0.283. The lowest BCUT2D eigenvalue weighted by atomic mass is 10.1. The van der Waals surface area contributed by atoms with Gasteiger partial charge in [0.15, 0.2) is 11.5 Å². The lowest BCUT2D eigenvalue weighted by Gasteiger charge is -2.10. The number of benzene rings is 2. The Bertz CT molecular complexity index is 935. The number of halogens is 2. The summed E-state index contributed by atoms with van der Waals surface area (Å²) in [5, 5.41) is 11.7. The maximum absolute atomic E-state index is 13.2. The lowest BCUT2D eigenvalue weighted by Crippen LogP contribution is -2.13. The Balaban J connectivity index is 2.23. The van der Waals surface area contributed by atoms with E-state index in [0.29, 0.717) is 23.7 Å². The first-order chi connectivity index (χ1) is 13.0. The van der Waals surface area contributed by atoms with E-state index >= 15 is 0 Å². The van der Waals surface area contributed by atoms with Crippen molar-refractivity contribution in [1.29, 1.82) is 5.26 Å². The molecular weight excluding hydrogens is 371 g/mol. The van der Waals surface area contributed by atoms with Gasteiger partial charge in [-0.3, -0.25) is 4.79 Å². The fraction of sp³-hybridized carbons (Fsp3) is 0.100. The van der Waals surface area contributed by atoms with Crippen LogP contribution < -0.4 is 14.8 Å². The van der Waals surface area contributed by atoms with Crippen molar-refractivity contribution in [2.45, 2.75) is 0 Å². The van der Waals surface area contributed by atoms with Crippen molar-refractivity contribution in [3.63, 3.8) is 0 Å². The molecule has 0 unspecified atom stereocenters. The molecule has 2 rings (SSSR count). The van der Waals surface area contributed by atoms with Crippen LogP contribution in [0.5, 0.6) is 11.5 Å². The number of methoxy groups -OCH3 is 1. The highest BCUT2D eigenvalue weighted by atomic mass is 35.5. The molecule has 0 aliphatic rings. The monoisotopic (exact) mass is 386 g/mol. The predicted octanol–water partition coefficient (Wildman–Crippen LogP) is 4.60. The minimum absolute atomic E-state index is 0.130. The first-order valence-corrected chi connectivity index (χ1v) is 8.16. The molecule has 138 valence electrons. The molecule has 0 spiro atoms. The van der Waals surface area contributed by atoms with Crippen LogP contribution in [-0.4, -0.2) is 19.6 Å². The van der Waals surface area contributed by atoms with Gasteiger partial charge in [-0.05, 0) is 42.0 Å². The SMILES string of the molecule is C=CCOc1ccc(/C=C(\C#N)C(=O)Nc2ccc(F)c(Cl)c2)cc1OC. The number of rotatable bonds is 7. The average Bonchev–Trinajstić information content (AvgIpc) is 2.67. The Hall–Kier alpha value is -3.30. The second-order valence-electron chi connectivity index (χ2n) is 5.26. The van der Waals surface area contributed by atoms with Crippen molar-refractivity contribution in [3.8, 4) is 17.6 Å². The van der Waals surface area contributed by atoms with Crippen molar-refractivity contribution >= 4 is 29.3 Å². The third kappa shape index (κ3) is 5.33. The number of hydrogen-bond donors (Lipinski definition) is 1. The van der Waals surface area contributed by atoms with E-state index in [0.717, 1.165) is 6.07 Å². The molecule has 0 fully saturated rings. The zero-order chi connectivity index (χ0) is 19.8.